The highest BCUT2D eigenvalue weighted by Crippen LogP contribution is 2.19. The molecule has 0 radical (unpaired) electrons. The molecule has 0 amide bonds. The lowest BCUT2D eigenvalue weighted by atomic mass is 10.2. The fourth-order valence-electron chi connectivity index (χ4n) is 2.71. The number of aromatic nitrogens is 4. The number of aromatic amines is 1. The zero-order valence-corrected chi connectivity index (χ0v) is 15.7. The van der Waals surface area contributed by atoms with Crippen LogP contribution >= 0.6 is 0 Å². The van der Waals surface area contributed by atoms with E-state index in [2.05, 4.69) is 38.3 Å². The van der Waals surface area contributed by atoms with Gasteiger partial charge in [-0.15, -0.1) is 0 Å². The van der Waals surface area contributed by atoms with Crippen molar-refractivity contribution in [2.45, 2.75) is 60.3 Å². The summed E-state index contributed by atoms with van der Waals surface area (Å²) < 4.78 is 0. The molecule has 0 saturated carbocycles. The molecule has 6 nitrogen and oxygen atoms in total. The van der Waals surface area contributed by atoms with Crippen LogP contribution in [0.15, 0.2) is 10.9 Å². The second-order valence-electron chi connectivity index (χ2n) is 5.77. The number of hydrogen-bond donors (Lipinski definition) is 2. The second kappa shape index (κ2) is 8.55. The van der Waals surface area contributed by atoms with E-state index in [1.54, 1.807) is 0 Å². The summed E-state index contributed by atoms with van der Waals surface area (Å²) in [5, 5.41) is 3.04. The van der Waals surface area contributed by atoms with Crippen LogP contribution in [0.2, 0.25) is 0 Å². The molecular weight excluding hydrogens is 314 g/mol. The standard InChI is InChI=1S/C17H21N5O.C2H6/c1-4-5-8-13-10(2)11(3)18-16(19-13)22-17-20-14-9-6-7-12(14)15(23)21-17;1-2/h5,8H,4,6-7,9H2,1-3H3,(H2,18,19,20,21,22,23);1-2H3/b8-5-;. The number of nitrogens with zero attached hydrogens (tertiary/aromatic N) is 3. The van der Waals surface area contributed by atoms with E-state index in [0.29, 0.717) is 11.9 Å². The molecule has 0 aromatic carbocycles. The van der Waals surface area contributed by atoms with Gasteiger partial charge in [0.2, 0.25) is 11.9 Å². The van der Waals surface area contributed by atoms with E-state index >= 15 is 0 Å². The molecule has 1 aliphatic rings. The molecule has 0 unspecified atom stereocenters. The van der Waals surface area contributed by atoms with Crippen LogP contribution in [-0.2, 0) is 12.8 Å². The molecule has 6 heteroatoms. The van der Waals surface area contributed by atoms with Crippen molar-refractivity contribution in [3.05, 3.63) is 44.6 Å². The third kappa shape index (κ3) is 4.32. The van der Waals surface area contributed by atoms with Crippen LogP contribution < -0.4 is 10.9 Å². The number of fused-ring (bicyclic) bond motifs is 1. The number of aryl methyl sites for hydroxylation is 2. The zero-order valence-electron chi connectivity index (χ0n) is 15.7. The van der Waals surface area contributed by atoms with E-state index in [9.17, 15) is 4.79 Å². The smallest absolute Gasteiger partial charge is 0.255 e. The summed E-state index contributed by atoms with van der Waals surface area (Å²) in [5.41, 5.74) is 4.46. The Morgan fingerprint density at radius 3 is 2.64 bits per heavy atom. The average molecular weight is 341 g/mol. The van der Waals surface area contributed by atoms with E-state index in [1.165, 1.54) is 0 Å². The fraction of sp³-hybridized carbons (Fsp3) is 0.474. The van der Waals surface area contributed by atoms with Crippen molar-refractivity contribution in [2.75, 3.05) is 5.32 Å². The van der Waals surface area contributed by atoms with Crippen molar-refractivity contribution in [1.82, 2.24) is 19.9 Å². The zero-order chi connectivity index (χ0) is 18.4. The second-order valence-corrected chi connectivity index (χ2v) is 5.77. The molecule has 2 heterocycles. The van der Waals surface area contributed by atoms with Gasteiger partial charge < -0.3 is 0 Å². The number of rotatable bonds is 4. The molecule has 0 aliphatic heterocycles. The summed E-state index contributed by atoms with van der Waals surface area (Å²) in [7, 11) is 0. The molecule has 0 bridgehead atoms. The number of anilines is 2. The van der Waals surface area contributed by atoms with Crippen molar-refractivity contribution in [1.29, 1.82) is 0 Å². The van der Waals surface area contributed by atoms with E-state index in [-0.39, 0.29) is 5.56 Å². The summed E-state index contributed by atoms with van der Waals surface area (Å²) in [4.78, 5) is 28.3. The van der Waals surface area contributed by atoms with Gasteiger partial charge in [-0.1, -0.05) is 26.8 Å². The maximum Gasteiger partial charge on any atom is 0.255 e. The van der Waals surface area contributed by atoms with Gasteiger partial charge in [0.05, 0.1) is 11.4 Å². The first kappa shape index (κ1) is 18.8. The molecule has 2 N–H and O–H groups in total. The van der Waals surface area contributed by atoms with Crippen LogP contribution in [0.25, 0.3) is 6.08 Å². The summed E-state index contributed by atoms with van der Waals surface area (Å²) in [6.07, 6.45) is 7.66. The monoisotopic (exact) mass is 341 g/mol. The number of hydrogen-bond acceptors (Lipinski definition) is 5. The Morgan fingerprint density at radius 1 is 1.16 bits per heavy atom. The first-order chi connectivity index (χ1) is 12.1. The fourth-order valence-corrected chi connectivity index (χ4v) is 2.71. The number of allylic oxidation sites excluding steroid dienone is 1. The average Bonchev–Trinajstić information content (AvgIpc) is 3.07. The van der Waals surface area contributed by atoms with Crippen molar-refractivity contribution in [3.8, 4) is 0 Å². The van der Waals surface area contributed by atoms with Gasteiger partial charge >= 0.3 is 0 Å². The normalized spacial score (nSPS) is 12.7. The Bertz CT molecular complexity index is 823. The maximum absolute atomic E-state index is 12.1. The Labute approximate surface area is 148 Å². The number of H-pyrrole nitrogens is 1. The minimum atomic E-state index is -0.0649. The van der Waals surface area contributed by atoms with Gasteiger partial charge in [0.25, 0.3) is 5.56 Å². The van der Waals surface area contributed by atoms with Crippen molar-refractivity contribution in [3.63, 3.8) is 0 Å². The molecule has 3 rings (SSSR count). The quantitative estimate of drug-likeness (QED) is 0.882. The predicted molar refractivity (Wildman–Crippen MR) is 102 cm³/mol. The lowest BCUT2D eigenvalue weighted by Crippen LogP contribution is -2.17. The van der Waals surface area contributed by atoms with E-state index in [1.807, 2.05) is 33.8 Å². The van der Waals surface area contributed by atoms with Crippen molar-refractivity contribution >= 4 is 18.0 Å². The topological polar surface area (TPSA) is 83.6 Å². The Balaban J connectivity index is 0.00000109. The van der Waals surface area contributed by atoms with Crippen molar-refractivity contribution < 1.29 is 0 Å². The van der Waals surface area contributed by atoms with E-state index in [4.69, 9.17) is 0 Å². The molecule has 2 aromatic heterocycles. The lowest BCUT2D eigenvalue weighted by Gasteiger charge is -2.09. The van der Waals surface area contributed by atoms with E-state index in [0.717, 1.165) is 53.9 Å². The van der Waals surface area contributed by atoms with Gasteiger partial charge in [-0.25, -0.2) is 15.0 Å². The van der Waals surface area contributed by atoms with Crippen LogP contribution in [0.5, 0.6) is 0 Å². The SMILES string of the molecule is CC.CC/C=C\c1nc(Nc2nc3c(c(=O)[nH]2)CCC3)nc(C)c1C. The van der Waals surface area contributed by atoms with Gasteiger partial charge in [0.1, 0.15) is 0 Å². The third-order valence-electron chi connectivity index (χ3n) is 4.11. The molecule has 1 aliphatic carbocycles. The number of nitrogens with one attached hydrogen (secondary N) is 2. The van der Waals surface area contributed by atoms with Crippen molar-refractivity contribution in [2.24, 2.45) is 0 Å². The van der Waals surface area contributed by atoms with E-state index < -0.39 is 0 Å². The minimum Gasteiger partial charge on any atom is -0.294 e. The maximum atomic E-state index is 12.1. The summed E-state index contributed by atoms with van der Waals surface area (Å²) in [6.45, 7) is 10.0. The van der Waals surface area contributed by atoms with Gasteiger partial charge in [-0.05, 0) is 51.2 Å². The summed E-state index contributed by atoms with van der Waals surface area (Å²) in [5.74, 6) is 0.856. The lowest BCUT2D eigenvalue weighted by molar-refractivity contribution is 0.899. The van der Waals surface area contributed by atoms with Crippen LogP contribution in [0, 0.1) is 13.8 Å². The van der Waals surface area contributed by atoms with Gasteiger partial charge in [-0.2, -0.15) is 0 Å². The first-order valence-electron chi connectivity index (χ1n) is 8.99. The van der Waals surface area contributed by atoms with Crippen LogP contribution in [0.4, 0.5) is 11.9 Å². The molecule has 134 valence electrons. The first-order valence-corrected chi connectivity index (χ1v) is 8.99. The molecule has 25 heavy (non-hydrogen) atoms. The molecular formula is C19H27N5O. The Kier molecular flexibility index (Phi) is 6.44. The largest absolute Gasteiger partial charge is 0.294 e. The summed E-state index contributed by atoms with van der Waals surface area (Å²) >= 11 is 0. The third-order valence-corrected chi connectivity index (χ3v) is 4.11. The molecule has 0 atom stereocenters. The highest BCUT2D eigenvalue weighted by molar-refractivity contribution is 5.54. The predicted octanol–water partition coefficient (Wildman–Crippen LogP) is 3.86. The Morgan fingerprint density at radius 2 is 1.92 bits per heavy atom. The molecule has 2 aromatic rings. The van der Waals surface area contributed by atoms with Crippen LogP contribution in [0.3, 0.4) is 0 Å². The van der Waals surface area contributed by atoms with Gasteiger partial charge in [0, 0.05) is 11.3 Å². The van der Waals surface area contributed by atoms with Crippen LogP contribution in [-0.4, -0.2) is 19.9 Å². The molecule has 0 saturated heterocycles. The Hall–Kier alpha value is -2.50. The van der Waals surface area contributed by atoms with Gasteiger partial charge in [0.15, 0.2) is 0 Å². The molecule has 0 fully saturated rings. The highest BCUT2D eigenvalue weighted by atomic mass is 16.1. The molecule has 0 spiro atoms. The van der Waals surface area contributed by atoms with Crippen LogP contribution in [0.1, 0.15) is 61.8 Å². The minimum absolute atomic E-state index is 0.0649. The summed E-state index contributed by atoms with van der Waals surface area (Å²) in [6, 6.07) is 0. The van der Waals surface area contributed by atoms with Gasteiger partial charge in [-0.3, -0.25) is 15.1 Å². The highest BCUT2D eigenvalue weighted by Gasteiger charge is 2.17.